The van der Waals surface area contributed by atoms with Crippen LogP contribution in [-0.2, 0) is 6.54 Å². The number of hydrogen-bond donors (Lipinski definition) is 1. The van der Waals surface area contributed by atoms with E-state index in [9.17, 15) is 0 Å². The van der Waals surface area contributed by atoms with Crippen molar-refractivity contribution in [2.75, 3.05) is 19.5 Å². The Kier molecular flexibility index (Phi) is 4.04. The number of ether oxygens (including phenoxy) is 2. The maximum atomic E-state index is 5.29. The summed E-state index contributed by atoms with van der Waals surface area (Å²) >= 11 is 1.64. The van der Waals surface area contributed by atoms with Crippen LogP contribution in [0.2, 0.25) is 0 Å². The second-order valence-electron chi connectivity index (χ2n) is 3.80. The Labute approximate surface area is 111 Å². The first-order valence-corrected chi connectivity index (χ1v) is 6.47. The van der Waals surface area contributed by atoms with Gasteiger partial charge in [0.15, 0.2) is 11.5 Å². The number of methoxy groups -OCH3 is 2. The van der Waals surface area contributed by atoms with E-state index in [-0.39, 0.29) is 0 Å². The Morgan fingerprint density at radius 3 is 2.56 bits per heavy atom. The van der Waals surface area contributed by atoms with Crippen molar-refractivity contribution in [1.29, 1.82) is 0 Å². The van der Waals surface area contributed by atoms with E-state index in [0.717, 1.165) is 27.8 Å². The van der Waals surface area contributed by atoms with E-state index < -0.39 is 0 Å². The second-order valence-corrected chi connectivity index (χ2v) is 4.78. The van der Waals surface area contributed by atoms with Gasteiger partial charge in [0.2, 0.25) is 0 Å². The number of rotatable bonds is 5. The summed E-state index contributed by atoms with van der Waals surface area (Å²) in [6.45, 7) is 2.75. The van der Waals surface area contributed by atoms with Crippen molar-refractivity contribution in [3.05, 3.63) is 34.3 Å². The normalized spacial score (nSPS) is 10.2. The number of hydrogen-bond acceptors (Lipinski definition) is 5. The van der Waals surface area contributed by atoms with Crippen LogP contribution < -0.4 is 14.8 Å². The standard InChI is InChI=1S/C13H16N2O2S/c1-9-6-11(16-2)12(17-3)7-10(9)15-8-13-14-4-5-18-13/h4-7,15H,8H2,1-3H3. The first kappa shape index (κ1) is 12.7. The van der Waals surface area contributed by atoms with Crippen molar-refractivity contribution in [3.63, 3.8) is 0 Å². The summed E-state index contributed by atoms with van der Waals surface area (Å²) in [5.74, 6) is 1.47. The molecule has 0 bridgehead atoms. The van der Waals surface area contributed by atoms with Gasteiger partial charge in [0.1, 0.15) is 5.01 Å². The number of aryl methyl sites for hydroxylation is 1. The summed E-state index contributed by atoms with van der Waals surface area (Å²) in [5.41, 5.74) is 2.15. The third-order valence-electron chi connectivity index (χ3n) is 2.64. The summed E-state index contributed by atoms with van der Waals surface area (Å²) in [5, 5.41) is 6.38. The van der Waals surface area contributed by atoms with Crippen LogP contribution in [-0.4, -0.2) is 19.2 Å². The number of aromatic nitrogens is 1. The molecule has 0 saturated carbocycles. The van der Waals surface area contributed by atoms with E-state index in [2.05, 4.69) is 10.3 Å². The van der Waals surface area contributed by atoms with Crippen molar-refractivity contribution in [2.24, 2.45) is 0 Å². The van der Waals surface area contributed by atoms with Gasteiger partial charge in [0.25, 0.3) is 0 Å². The highest BCUT2D eigenvalue weighted by Gasteiger charge is 2.08. The van der Waals surface area contributed by atoms with Gasteiger partial charge >= 0.3 is 0 Å². The average molecular weight is 264 g/mol. The SMILES string of the molecule is COc1cc(C)c(NCc2nccs2)cc1OC. The fourth-order valence-corrected chi connectivity index (χ4v) is 2.24. The third-order valence-corrected chi connectivity index (χ3v) is 3.42. The molecule has 1 aromatic heterocycles. The minimum Gasteiger partial charge on any atom is -0.493 e. The first-order chi connectivity index (χ1) is 8.74. The predicted molar refractivity (Wildman–Crippen MR) is 73.7 cm³/mol. The molecule has 0 unspecified atom stereocenters. The molecule has 0 aliphatic heterocycles. The second kappa shape index (κ2) is 5.73. The lowest BCUT2D eigenvalue weighted by Gasteiger charge is -2.13. The lowest BCUT2D eigenvalue weighted by atomic mass is 10.1. The number of nitrogens with zero attached hydrogens (tertiary/aromatic N) is 1. The number of benzene rings is 1. The topological polar surface area (TPSA) is 43.4 Å². The molecule has 5 heteroatoms. The van der Waals surface area contributed by atoms with E-state index in [1.807, 2.05) is 30.6 Å². The van der Waals surface area contributed by atoms with Gasteiger partial charge in [-0.25, -0.2) is 4.98 Å². The molecular formula is C13H16N2O2S. The van der Waals surface area contributed by atoms with Crippen LogP contribution >= 0.6 is 11.3 Å². The van der Waals surface area contributed by atoms with E-state index >= 15 is 0 Å². The molecule has 1 N–H and O–H groups in total. The smallest absolute Gasteiger partial charge is 0.162 e. The van der Waals surface area contributed by atoms with Gasteiger partial charge in [-0.05, 0) is 18.6 Å². The Morgan fingerprint density at radius 2 is 1.94 bits per heavy atom. The van der Waals surface area contributed by atoms with Crippen molar-refractivity contribution < 1.29 is 9.47 Å². The first-order valence-electron chi connectivity index (χ1n) is 5.59. The summed E-state index contributed by atoms with van der Waals surface area (Å²) in [6.07, 6.45) is 1.81. The molecule has 2 aromatic rings. The molecule has 0 amide bonds. The largest absolute Gasteiger partial charge is 0.493 e. The van der Waals surface area contributed by atoms with Crippen molar-refractivity contribution in [3.8, 4) is 11.5 Å². The number of nitrogens with one attached hydrogen (secondary N) is 1. The van der Waals surface area contributed by atoms with Crippen LogP contribution in [0.5, 0.6) is 11.5 Å². The molecule has 0 radical (unpaired) electrons. The zero-order valence-electron chi connectivity index (χ0n) is 10.7. The van der Waals surface area contributed by atoms with Crippen molar-refractivity contribution >= 4 is 17.0 Å². The average Bonchev–Trinajstić information content (AvgIpc) is 2.90. The van der Waals surface area contributed by atoms with E-state index in [1.54, 1.807) is 25.6 Å². The lowest BCUT2D eigenvalue weighted by Crippen LogP contribution is -2.02. The minimum absolute atomic E-state index is 0.716. The number of anilines is 1. The summed E-state index contributed by atoms with van der Waals surface area (Å²) in [7, 11) is 3.28. The summed E-state index contributed by atoms with van der Waals surface area (Å²) < 4.78 is 10.6. The molecule has 0 aliphatic carbocycles. The molecule has 96 valence electrons. The maximum absolute atomic E-state index is 5.29. The van der Waals surface area contributed by atoms with Crippen LogP contribution in [0.1, 0.15) is 10.6 Å². The van der Waals surface area contributed by atoms with Gasteiger partial charge in [-0.3, -0.25) is 0 Å². The van der Waals surface area contributed by atoms with Gasteiger partial charge < -0.3 is 14.8 Å². The Bertz CT molecular complexity index is 512. The lowest BCUT2D eigenvalue weighted by molar-refractivity contribution is 0.355. The van der Waals surface area contributed by atoms with E-state index in [0.29, 0.717) is 6.54 Å². The Hall–Kier alpha value is -1.75. The molecule has 1 heterocycles. The molecule has 2 rings (SSSR count). The quantitative estimate of drug-likeness (QED) is 0.901. The minimum atomic E-state index is 0.716. The molecular weight excluding hydrogens is 248 g/mol. The molecule has 0 atom stereocenters. The van der Waals surface area contributed by atoms with E-state index in [1.165, 1.54) is 0 Å². The van der Waals surface area contributed by atoms with Gasteiger partial charge in [-0.2, -0.15) is 0 Å². The van der Waals surface area contributed by atoms with E-state index in [4.69, 9.17) is 9.47 Å². The van der Waals surface area contributed by atoms with Crippen molar-refractivity contribution in [2.45, 2.75) is 13.5 Å². The fourth-order valence-electron chi connectivity index (χ4n) is 1.68. The fraction of sp³-hybridized carbons (Fsp3) is 0.308. The zero-order chi connectivity index (χ0) is 13.0. The Morgan fingerprint density at radius 1 is 1.22 bits per heavy atom. The molecule has 18 heavy (non-hydrogen) atoms. The van der Waals surface area contributed by atoms with Crippen LogP contribution in [0.25, 0.3) is 0 Å². The monoisotopic (exact) mass is 264 g/mol. The van der Waals surface area contributed by atoms with Crippen molar-refractivity contribution in [1.82, 2.24) is 4.98 Å². The highest BCUT2D eigenvalue weighted by atomic mass is 32.1. The molecule has 0 spiro atoms. The van der Waals surface area contributed by atoms with Crippen LogP contribution in [0.4, 0.5) is 5.69 Å². The third kappa shape index (κ3) is 2.73. The summed E-state index contributed by atoms with van der Waals surface area (Å²) in [6, 6.07) is 3.91. The predicted octanol–water partition coefficient (Wildman–Crippen LogP) is 3.08. The zero-order valence-corrected chi connectivity index (χ0v) is 11.5. The molecule has 0 aliphatic rings. The molecule has 0 saturated heterocycles. The maximum Gasteiger partial charge on any atom is 0.162 e. The van der Waals surface area contributed by atoms with Crippen LogP contribution in [0, 0.1) is 6.92 Å². The Balaban J connectivity index is 2.17. The molecule has 4 nitrogen and oxygen atoms in total. The van der Waals surface area contributed by atoms with Crippen LogP contribution in [0.15, 0.2) is 23.7 Å². The molecule has 0 fully saturated rings. The highest BCUT2D eigenvalue weighted by molar-refractivity contribution is 7.09. The van der Waals surface area contributed by atoms with Gasteiger partial charge in [-0.1, -0.05) is 0 Å². The van der Waals surface area contributed by atoms with Gasteiger partial charge in [0.05, 0.1) is 20.8 Å². The highest BCUT2D eigenvalue weighted by Crippen LogP contribution is 2.33. The van der Waals surface area contributed by atoms with Crippen LogP contribution in [0.3, 0.4) is 0 Å². The molecule has 1 aromatic carbocycles. The summed E-state index contributed by atoms with van der Waals surface area (Å²) in [4.78, 5) is 4.24. The van der Waals surface area contributed by atoms with Gasteiger partial charge in [-0.15, -0.1) is 11.3 Å². The van der Waals surface area contributed by atoms with Gasteiger partial charge in [0, 0.05) is 23.3 Å². The number of thiazole rings is 1.